The molecule has 0 aromatic heterocycles. The van der Waals surface area contributed by atoms with E-state index in [-0.39, 0.29) is 25.4 Å². The van der Waals surface area contributed by atoms with Gasteiger partial charge in [-0.15, -0.1) is 0 Å². The topological polar surface area (TPSA) is 74.6 Å². The van der Waals surface area contributed by atoms with E-state index in [1.807, 2.05) is 6.07 Å². The molecule has 1 aromatic rings. The van der Waals surface area contributed by atoms with Crippen LogP contribution >= 0.6 is 11.6 Å². The summed E-state index contributed by atoms with van der Waals surface area (Å²) in [5, 5.41) is 11.7. The van der Waals surface area contributed by atoms with Crippen molar-refractivity contribution >= 4 is 17.6 Å². The molecule has 23 heavy (non-hydrogen) atoms. The number of nitriles is 1. The second-order valence-corrected chi connectivity index (χ2v) is 5.16. The van der Waals surface area contributed by atoms with Crippen LogP contribution in [0.2, 0.25) is 5.02 Å². The molecule has 1 aliphatic heterocycles. The van der Waals surface area contributed by atoms with Crippen LogP contribution in [0.4, 0.5) is 13.6 Å². The monoisotopic (exact) mass is 345 g/mol. The fourth-order valence-electron chi connectivity index (χ4n) is 2.09. The van der Waals surface area contributed by atoms with E-state index in [1.54, 1.807) is 0 Å². The Morgan fingerprint density at radius 2 is 2.39 bits per heavy atom. The molecule has 1 N–H and O–H groups in total. The van der Waals surface area contributed by atoms with Gasteiger partial charge in [0.25, 0.3) is 0 Å². The number of urea groups is 1. The SMILES string of the molecule is N#CC1CN(C(=O)NCc2cc(Cl)ccc2OC(F)F)CCO1. The molecule has 2 rings (SSSR count). The van der Waals surface area contributed by atoms with Crippen LogP contribution in [0.15, 0.2) is 18.2 Å². The Morgan fingerprint density at radius 1 is 1.61 bits per heavy atom. The zero-order valence-corrected chi connectivity index (χ0v) is 12.7. The Balaban J connectivity index is 1.98. The molecule has 2 amide bonds. The normalized spacial score (nSPS) is 17.7. The maximum atomic E-state index is 12.4. The molecule has 124 valence electrons. The minimum Gasteiger partial charge on any atom is -0.434 e. The van der Waals surface area contributed by atoms with E-state index in [1.165, 1.54) is 23.1 Å². The van der Waals surface area contributed by atoms with Gasteiger partial charge in [-0.3, -0.25) is 0 Å². The smallest absolute Gasteiger partial charge is 0.387 e. The molecule has 1 heterocycles. The van der Waals surface area contributed by atoms with E-state index < -0.39 is 18.7 Å². The van der Waals surface area contributed by atoms with Crippen LogP contribution in [-0.2, 0) is 11.3 Å². The molecule has 6 nitrogen and oxygen atoms in total. The maximum Gasteiger partial charge on any atom is 0.387 e. The van der Waals surface area contributed by atoms with Gasteiger partial charge in [0.2, 0.25) is 0 Å². The molecule has 0 spiro atoms. The number of nitrogens with zero attached hydrogens (tertiary/aromatic N) is 2. The molecule has 0 radical (unpaired) electrons. The molecule has 1 atom stereocenters. The summed E-state index contributed by atoms with van der Waals surface area (Å²) >= 11 is 5.84. The van der Waals surface area contributed by atoms with Crippen LogP contribution in [0.3, 0.4) is 0 Å². The summed E-state index contributed by atoms with van der Waals surface area (Å²) in [5.41, 5.74) is 0.330. The maximum absolute atomic E-state index is 12.4. The summed E-state index contributed by atoms with van der Waals surface area (Å²) < 4.78 is 34.3. The number of benzene rings is 1. The number of hydrogen-bond acceptors (Lipinski definition) is 4. The van der Waals surface area contributed by atoms with Crippen LogP contribution in [-0.4, -0.2) is 43.3 Å². The lowest BCUT2D eigenvalue weighted by Gasteiger charge is -2.29. The summed E-state index contributed by atoms with van der Waals surface area (Å²) in [6.45, 7) is -2.24. The average Bonchev–Trinajstić information content (AvgIpc) is 2.54. The highest BCUT2D eigenvalue weighted by Gasteiger charge is 2.24. The van der Waals surface area contributed by atoms with Gasteiger partial charge in [-0.25, -0.2) is 4.79 Å². The van der Waals surface area contributed by atoms with Gasteiger partial charge in [-0.1, -0.05) is 11.6 Å². The van der Waals surface area contributed by atoms with Crippen LogP contribution < -0.4 is 10.1 Å². The number of morpholine rings is 1. The molecule has 1 unspecified atom stereocenters. The highest BCUT2D eigenvalue weighted by atomic mass is 35.5. The average molecular weight is 346 g/mol. The molecular weight excluding hydrogens is 332 g/mol. The highest BCUT2D eigenvalue weighted by molar-refractivity contribution is 6.30. The van der Waals surface area contributed by atoms with Gasteiger partial charge in [-0.05, 0) is 18.2 Å². The van der Waals surface area contributed by atoms with Crippen LogP contribution in [0.1, 0.15) is 5.56 Å². The van der Waals surface area contributed by atoms with Gasteiger partial charge in [0, 0.05) is 23.7 Å². The molecular formula is C14H14ClF2N3O3. The second kappa shape index (κ2) is 7.94. The zero-order chi connectivity index (χ0) is 16.8. The van der Waals surface area contributed by atoms with Gasteiger partial charge >= 0.3 is 12.6 Å². The molecule has 9 heteroatoms. The first-order valence-corrected chi connectivity index (χ1v) is 7.14. The second-order valence-electron chi connectivity index (χ2n) is 4.72. The van der Waals surface area contributed by atoms with Crippen molar-refractivity contribution in [2.75, 3.05) is 19.7 Å². The molecule has 1 fully saturated rings. The highest BCUT2D eigenvalue weighted by Crippen LogP contribution is 2.24. The summed E-state index contributed by atoms with van der Waals surface area (Å²) in [5.74, 6) is -0.0541. The number of amides is 2. The first-order chi connectivity index (χ1) is 11.0. The Bertz CT molecular complexity index is 609. The molecule has 1 saturated heterocycles. The number of alkyl halides is 2. The van der Waals surface area contributed by atoms with E-state index in [0.29, 0.717) is 17.1 Å². The van der Waals surface area contributed by atoms with E-state index in [9.17, 15) is 13.6 Å². The lowest BCUT2D eigenvalue weighted by atomic mass is 10.2. The lowest BCUT2D eigenvalue weighted by molar-refractivity contribution is -0.0504. The molecule has 0 bridgehead atoms. The van der Waals surface area contributed by atoms with Crippen molar-refractivity contribution in [1.82, 2.24) is 10.2 Å². The molecule has 0 saturated carbocycles. The number of nitrogens with one attached hydrogen (secondary N) is 1. The lowest BCUT2D eigenvalue weighted by Crippen LogP contribution is -2.49. The van der Waals surface area contributed by atoms with Crippen molar-refractivity contribution in [2.24, 2.45) is 0 Å². The minimum atomic E-state index is -2.97. The van der Waals surface area contributed by atoms with E-state index >= 15 is 0 Å². The summed E-state index contributed by atoms with van der Waals surface area (Å²) in [4.78, 5) is 13.5. The third kappa shape index (κ3) is 4.94. The van der Waals surface area contributed by atoms with E-state index in [2.05, 4.69) is 10.1 Å². The largest absolute Gasteiger partial charge is 0.434 e. The fraction of sp³-hybridized carbons (Fsp3) is 0.429. The molecule has 1 aromatic carbocycles. The van der Waals surface area contributed by atoms with Gasteiger partial charge in [0.1, 0.15) is 5.75 Å². The fourth-order valence-corrected chi connectivity index (χ4v) is 2.29. The van der Waals surface area contributed by atoms with Gasteiger partial charge in [-0.2, -0.15) is 14.0 Å². The Kier molecular flexibility index (Phi) is 5.96. The first kappa shape index (κ1) is 17.2. The van der Waals surface area contributed by atoms with E-state index in [4.69, 9.17) is 21.6 Å². The summed E-state index contributed by atoms with van der Waals surface area (Å²) in [7, 11) is 0. The predicted octanol–water partition coefficient (Wildman–Crippen LogP) is 2.38. The van der Waals surface area contributed by atoms with Crippen molar-refractivity contribution in [2.45, 2.75) is 19.3 Å². The molecule has 0 aliphatic carbocycles. The number of halogens is 3. The number of carbonyl (C=O) groups is 1. The van der Waals surface area contributed by atoms with Crippen molar-refractivity contribution in [3.63, 3.8) is 0 Å². The van der Waals surface area contributed by atoms with Crippen molar-refractivity contribution in [1.29, 1.82) is 5.26 Å². The third-order valence-corrected chi connectivity index (χ3v) is 3.40. The van der Waals surface area contributed by atoms with Gasteiger partial charge in [0.05, 0.1) is 19.2 Å². The van der Waals surface area contributed by atoms with Crippen molar-refractivity contribution < 1.29 is 23.0 Å². The van der Waals surface area contributed by atoms with Gasteiger partial charge in [0.15, 0.2) is 6.10 Å². The van der Waals surface area contributed by atoms with E-state index in [0.717, 1.165) is 0 Å². The summed E-state index contributed by atoms with van der Waals surface area (Å²) in [6.07, 6.45) is -0.668. The zero-order valence-electron chi connectivity index (χ0n) is 12.0. The van der Waals surface area contributed by atoms with Crippen LogP contribution in [0.25, 0.3) is 0 Å². The van der Waals surface area contributed by atoms with Crippen molar-refractivity contribution in [3.05, 3.63) is 28.8 Å². The predicted molar refractivity (Wildman–Crippen MR) is 77.2 cm³/mol. The Labute approximate surface area is 136 Å². The Hall–Kier alpha value is -2.11. The van der Waals surface area contributed by atoms with Crippen LogP contribution in [0, 0.1) is 11.3 Å². The summed E-state index contributed by atoms with van der Waals surface area (Å²) in [6, 6.07) is 5.69. The number of hydrogen-bond donors (Lipinski definition) is 1. The number of carbonyl (C=O) groups excluding carboxylic acids is 1. The van der Waals surface area contributed by atoms with Crippen molar-refractivity contribution in [3.8, 4) is 11.8 Å². The first-order valence-electron chi connectivity index (χ1n) is 6.77. The minimum absolute atomic E-state index is 0.0317. The Morgan fingerprint density at radius 3 is 3.09 bits per heavy atom. The number of ether oxygens (including phenoxy) is 2. The van der Waals surface area contributed by atoms with Gasteiger partial charge < -0.3 is 19.7 Å². The third-order valence-electron chi connectivity index (χ3n) is 3.17. The molecule has 1 aliphatic rings. The quantitative estimate of drug-likeness (QED) is 0.909. The number of rotatable bonds is 4. The standard InChI is InChI=1S/C14H14ClF2N3O3/c15-10-1-2-12(23-13(16)17)9(5-10)7-19-14(21)20-3-4-22-11(6-18)8-20/h1-2,5,11,13H,3-4,7-8H2,(H,19,21). The van der Waals surface area contributed by atoms with Crippen LogP contribution in [0.5, 0.6) is 5.75 Å².